The molecule has 0 spiro atoms. The number of pyridine rings is 1. The number of aromatic nitrogens is 1. The van der Waals surface area contributed by atoms with E-state index < -0.39 is 29.6 Å². The maximum absolute atomic E-state index is 13.0. The second-order valence-corrected chi connectivity index (χ2v) is 3.71. The van der Waals surface area contributed by atoms with Gasteiger partial charge in [0.2, 0.25) is 0 Å². The predicted octanol–water partition coefficient (Wildman–Crippen LogP) is 0.708. The number of hydrogen-bond donors (Lipinski definition) is 3. The molecule has 3 N–H and O–H groups in total. The highest BCUT2D eigenvalue weighted by Gasteiger charge is 2.21. The molecule has 1 rings (SSSR count). The molecule has 16 heavy (non-hydrogen) atoms. The van der Waals surface area contributed by atoms with Gasteiger partial charge in [0.1, 0.15) is 6.10 Å². The van der Waals surface area contributed by atoms with Gasteiger partial charge in [-0.05, 0) is 6.07 Å². The Morgan fingerprint density at radius 2 is 2.19 bits per heavy atom. The summed E-state index contributed by atoms with van der Waals surface area (Å²) in [5, 5.41) is 27.6. The van der Waals surface area contributed by atoms with E-state index in [9.17, 15) is 19.4 Å². The largest absolute Gasteiger partial charge is 0.478 e. The van der Waals surface area contributed by atoms with Crippen LogP contribution in [0.2, 0.25) is 0 Å². The Hall–Kier alpha value is -1.05. The molecule has 0 fully saturated rings. The molecule has 0 saturated carbocycles. The van der Waals surface area contributed by atoms with Gasteiger partial charge in [-0.2, -0.15) is 0 Å². The van der Waals surface area contributed by atoms with Crippen molar-refractivity contribution in [1.82, 2.24) is 4.98 Å². The Balaban J connectivity index is 3.07. The molecule has 1 heterocycles. The van der Waals surface area contributed by atoms with E-state index in [1.807, 2.05) is 0 Å². The van der Waals surface area contributed by atoms with Crippen molar-refractivity contribution >= 4 is 21.9 Å². The van der Waals surface area contributed by atoms with E-state index in [0.717, 1.165) is 6.07 Å². The number of halogens is 2. The smallest absolute Gasteiger partial charge is 0.338 e. The molecule has 0 bridgehead atoms. The van der Waals surface area contributed by atoms with Gasteiger partial charge in [-0.25, -0.2) is 9.18 Å². The first-order valence-electron chi connectivity index (χ1n) is 4.28. The van der Waals surface area contributed by atoms with Gasteiger partial charge < -0.3 is 15.3 Å². The van der Waals surface area contributed by atoms with Crippen LogP contribution >= 0.6 is 15.9 Å². The summed E-state index contributed by atoms with van der Waals surface area (Å²) >= 11 is 2.95. The zero-order chi connectivity index (χ0) is 12.3. The summed E-state index contributed by atoms with van der Waals surface area (Å²) in [6, 6.07) is 0.897. The van der Waals surface area contributed by atoms with Crippen molar-refractivity contribution in [2.24, 2.45) is 0 Å². The molecular weight excluding hydrogens is 285 g/mol. The predicted molar refractivity (Wildman–Crippen MR) is 55.9 cm³/mol. The summed E-state index contributed by atoms with van der Waals surface area (Å²) in [5.41, 5.74) is -0.684. The van der Waals surface area contributed by atoms with E-state index in [0.29, 0.717) is 6.20 Å². The summed E-state index contributed by atoms with van der Waals surface area (Å²) in [6.07, 6.45) is -1.80. The maximum Gasteiger partial charge on any atom is 0.338 e. The molecule has 5 nitrogen and oxygen atoms in total. The molecule has 0 radical (unpaired) electrons. The van der Waals surface area contributed by atoms with Gasteiger partial charge in [0, 0.05) is 5.33 Å². The highest BCUT2D eigenvalue weighted by molar-refractivity contribution is 9.09. The van der Waals surface area contributed by atoms with Crippen LogP contribution in [-0.2, 0) is 0 Å². The Morgan fingerprint density at radius 1 is 1.56 bits per heavy atom. The lowest BCUT2D eigenvalue weighted by atomic mass is 10.1. The molecule has 1 aromatic rings. The monoisotopic (exact) mass is 293 g/mol. The number of carboxylic acids is 1. The fourth-order valence-corrected chi connectivity index (χ4v) is 1.42. The van der Waals surface area contributed by atoms with Gasteiger partial charge in [-0.1, -0.05) is 15.9 Å². The molecular formula is C9H9BrFNO4. The van der Waals surface area contributed by atoms with Gasteiger partial charge in [0.05, 0.1) is 23.6 Å². The number of carboxylic acid groups (broad SMARTS) is 1. The molecule has 0 aromatic carbocycles. The van der Waals surface area contributed by atoms with E-state index in [2.05, 4.69) is 20.9 Å². The average Bonchev–Trinajstić information content (AvgIpc) is 2.27. The third-order valence-corrected chi connectivity index (χ3v) is 2.60. The molecule has 0 aliphatic carbocycles. The van der Waals surface area contributed by atoms with E-state index in [4.69, 9.17) is 5.11 Å². The SMILES string of the molecule is O=C(O)c1cc(C(O)C(O)CBr)ncc1F. The quantitative estimate of drug-likeness (QED) is 0.711. The van der Waals surface area contributed by atoms with Crippen molar-refractivity contribution in [3.63, 3.8) is 0 Å². The van der Waals surface area contributed by atoms with E-state index in [1.54, 1.807) is 0 Å². The third-order valence-electron chi connectivity index (χ3n) is 1.93. The lowest BCUT2D eigenvalue weighted by Crippen LogP contribution is -2.21. The minimum absolute atomic E-state index is 0.0919. The number of carbonyl (C=O) groups is 1. The van der Waals surface area contributed by atoms with Crippen molar-refractivity contribution in [3.05, 3.63) is 29.3 Å². The first-order chi connectivity index (χ1) is 7.47. The van der Waals surface area contributed by atoms with Crippen LogP contribution in [0.4, 0.5) is 4.39 Å². The van der Waals surface area contributed by atoms with E-state index in [1.165, 1.54) is 0 Å². The van der Waals surface area contributed by atoms with Gasteiger partial charge in [0.25, 0.3) is 0 Å². The molecule has 88 valence electrons. The minimum atomic E-state index is -1.46. The molecule has 7 heteroatoms. The summed E-state index contributed by atoms with van der Waals surface area (Å²) in [4.78, 5) is 14.1. The number of aliphatic hydroxyl groups excluding tert-OH is 2. The molecule has 0 saturated heterocycles. The van der Waals surface area contributed by atoms with Crippen LogP contribution in [0.25, 0.3) is 0 Å². The molecule has 2 unspecified atom stereocenters. The van der Waals surface area contributed by atoms with Gasteiger partial charge in [-0.15, -0.1) is 0 Å². The van der Waals surface area contributed by atoms with Crippen LogP contribution in [0.1, 0.15) is 22.2 Å². The summed E-state index contributed by atoms with van der Waals surface area (Å²) in [6.45, 7) is 0. The fourth-order valence-electron chi connectivity index (χ4n) is 1.06. The molecule has 2 atom stereocenters. The summed E-state index contributed by atoms with van der Waals surface area (Å²) in [7, 11) is 0. The Morgan fingerprint density at radius 3 is 2.69 bits per heavy atom. The van der Waals surface area contributed by atoms with Gasteiger partial charge >= 0.3 is 5.97 Å². The van der Waals surface area contributed by atoms with Crippen LogP contribution in [-0.4, -0.2) is 37.7 Å². The lowest BCUT2D eigenvalue weighted by molar-refractivity contribution is 0.0313. The lowest BCUT2D eigenvalue weighted by Gasteiger charge is -2.15. The average molecular weight is 294 g/mol. The van der Waals surface area contributed by atoms with Crippen molar-refractivity contribution in [2.75, 3.05) is 5.33 Å². The minimum Gasteiger partial charge on any atom is -0.478 e. The van der Waals surface area contributed by atoms with Gasteiger partial charge in [-0.3, -0.25) is 4.98 Å². The topological polar surface area (TPSA) is 90.7 Å². The van der Waals surface area contributed by atoms with Crippen molar-refractivity contribution in [2.45, 2.75) is 12.2 Å². The second kappa shape index (κ2) is 5.33. The highest BCUT2D eigenvalue weighted by Crippen LogP contribution is 2.18. The van der Waals surface area contributed by atoms with Gasteiger partial charge in [0.15, 0.2) is 5.82 Å². The van der Waals surface area contributed by atoms with Crippen molar-refractivity contribution in [3.8, 4) is 0 Å². The summed E-state index contributed by atoms with van der Waals surface area (Å²) in [5.74, 6) is -2.45. The van der Waals surface area contributed by atoms with Crippen LogP contribution in [0.3, 0.4) is 0 Å². The fraction of sp³-hybridized carbons (Fsp3) is 0.333. The number of rotatable bonds is 4. The van der Waals surface area contributed by atoms with Crippen LogP contribution in [0, 0.1) is 5.82 Å². The molecule has 0 aliphatic rings. The number of alkyl halides is 1. The zero-order valence-corrected chi connectivity index (χ0v) is 9.56. The van der Waals surface area contributed by atoms with Crippen LogP contribution < -0.4 is 0 Å². The van der Waals surface area contributed by atoms with Crippen molar-refractivity contribution in [1.29, 1.82) is 0 Å². The number of hydrogen-bond acceptors (Lipinski definition) is 4. The number of aliphatic hydroxyl groups is 2. The first kappa shape index (κ1) is 13.0. The maximum atomic E-state index is 13.0. The Labute approximate surface area is 98.7 Å². The standard InChI is InChI=1S/C9H9BrFNO4/c10-2-7(13)8(14)6-1-4(9(15)16)5(11)3-12-6/h1,3,7-8,13-14H,2H2,(H,15,16). The normalized spacial score (nSPS) is 14.5. The van der Waals surface area contributed by atoms with Crippen LogP contribution in [0.5, 0.6) is 0 Å². The molecule has 0 amide bonds. The van der Waals surface area contributed by atoms with E-state index in [-0.39, 0.29) is 11.0 Å². The number of aromatic carboxylic acids is 1. The first-order valence-corrected chi connectivity index (χ1v) is 5.40. The van der Waals surface area contributed by atoms with E-state index >= 15 is 0 Å². The Bertz CT molecular complexity index is 401. The Kier molecular flexibility index (Phi) is 4.34. The third kappa shape index (κ3) is 2.75. The second-order valence-electron chi connectivity index (χ2n) is 3.06. The molecule has 1 aromatic heterocycles. The zero-order valence-electron chi connectivity index (χ0n) is 7.97. The molecule has 0 aliphatic heterocycles. The summed E-state index contributed by atoms with van der Waals surface area (Å²) < 4.78 is 13.0. The van der Waals surface area contributed by atoms with Crippen LogP contribution in [0.15, 0.2) is 12.3 Å². The highest BCUT2D eigenvalue weighted by atomic mass is 79.9. The van der Waals surface area contributed by atoms with Crippen molar-refractivity contribution < 1.29 is 24.5 Å². The number of nitrogens with zero attached hydrogens (tertiary/aromatic N) is 1.